The number of aliphatic carboxylic acids is 2. The molecule has 0 unspecified atom stereocenters. The molecule has 0 spiro atoms. The predicted octanol–water partition coefficient (Wildman–Crippen LogP) is 4.07. The number of carbonyl (C=O) groups is 3. The molecule has 9 rings (SSSR count). The van der Waals surface area contributed by atoms with Crippen LogP contribution in [-0.4, -0.2) is 49.9 Å². The zero-order valence-corrected chi connectivity index (χ0v) is 21.8. The first-order valence-electron chi connectivity index (χ1n) is 14.6. The van der Waals surface area contributed by atoms with E-state index in [9.17, 15) is 34.8 Å². The first-order chi connectivity index (χ1) is 18.0. The van der Waals surface area contributed by atoms with E-state index in [1.807, 2.05) is 0 Å². The molecule has 0 radical (unpaired) electrons. The highest BCUT2D eigenvalue weighted by Crippen LogP contribution is 2.63. The minimum absolute atomic E-state index is 0.0224. The van der Waals surface area contributed by atoms with Crippen molar-refractivity contribution in [3.8, 4) is 0 Å². The SMILES string of the molecule is O=C(O)[C@H](O)[C@@](O)(C(=O)O)C(=O)c1cc(C23CC4CC(CC(C4)C2)C3)cc(C23CC4CC(CC(C4)C2)C3)c1. The standard InChI is InChI=1S/C31H38O7/c32-25(31(38,28(36)37)26(33)27(34)35)22-7-23(29-10-16-1-17(11-29)3-18(2-16)12-29)9-24(8-22)30-13-19-4-20(14-30)6-21(5-19)15-30/h7-9,16-21,26,33,38H,1-6,10-15H2,(H,34,35)(H,36,37)/t16?,17?,18?,19?,20?,21?,26-,29?,30?,31+/m0/s1. The Hall–Kier alpha value is -2.25. The van der Waals surface area contributed by atoms with E-state index in [1.165, 1.54) is 38.5 Å². The molecule has 1 aromatic carbocycles. The van der Waals surface area contributed by atoms with E-state index in [1.54, 1.807) is 12.1 Å². The Labute approximate surface area is 222 Å². The van der Waals surface area contributed by atoms with Crippen LogP contribution >= 0.6 is 0 Å². The number of carboxylic acid groups (broad SMARTS) is 2. The number of Topliss-reactive ketones (excluding diaryl/α,β-unsaturated/α-hetero) is 1. The Kier molecular flexibility index (Phi) is 5.30. The van der Waals surface area contributed by atoms with Crippen molar-refractivity contribution in [2.75, 3.05) is 0 Å². The first kappa shape index (κ1) is 24.8. The Morgan fingerprint density at radius 2 is 1.03 bits per heavy atom. The highest BCUT2D eigenvalue weighted by atomic mass is 16.4. The molecule has 8 bridgehead atoms. The van der Waals surface area contributed by atoms with Crippen LogP contribution in [-0.2, 0) is 20.4 Å². The molecule has 1 aromatic rings. The summed E-state index contributed by atoms with van der Waals surface area (Å²) in [5.41, 5.74) is -1.43. The lowest BCUT2D eigenvalue weighted by Gasteiger charge is -2.58. The Morgan fingerprint density at radius 1 is 0.684 bits per heavy atom. The van der Waals surface area contributed by atoms with Crippen LogP contribution in [0.3, 0.4) is 0 Å². The van der Waals surface area contributed by atoms with Gasteiger partial charge in [0, 0.05) is 5.56 Å². The number of aliphatic hydroxyl groups excluding tert-OH is 1. The fourth-order valence-corrected chi connectivity index (χ4v) is 11.0. The van der Waals surface area contributed by atoms with Crippen LogP contribution in [0.25, 0.3) is 0 Å². The molecule has 4 N–H and O–H groups in total. The maximum Gasteiger partial charge on any atom is 0.347 e. The normalized spacial score (nSPS) is 42.6. The fourth-order valence-electron chi connectivity index (χ4n) is 11.0. The minimum atomic E-state index is -3.45. The summed E-state index contributed by atoms with van der Waals surface area (Å²) < 4.78 is 0. The van der Waals surface area contributed by atoms with Crippen molar-refractivity contribution in [1.82, 2.24) is 0 Å². The van der Waals surface area contributed by atoms with E-state index < -0.39 is 29.4 Å². The van der Waals surface area contributed by atoms with Crippen molar-refractivity contribution in [3.05, 3.63) is 34.9 Å². The molecule has 8 saturated carbocycles. The molecule has 0 saturated heterocycles. The average Bonchev–Trinajstić information content (AvgIpc) is 2.85. The van der Waals surface area contributed by atoms with Gasteiger partial charge >= 0.3 is 11.9 Å². The second kappa shape index (κ2) is 8.14. The molecule has 0 heterocycles. The smallest absolute Gasteiger partial charge is 0.347 e. The molecule has 8 fully saturated rings. The number of rotatable bonds is 7. The second-order valence-corrected chi connectivity index (χ2v) is 14.3. The third kappa shape index (κ3) is 3.50. The van der Waals surface area contributed by atoms with Gasteiger partial charge in [-0.3, -0.25) is 4.79 Å². The molecule has 0 amide bonds. The number of benzene rings is 1. The number of aliphatic hydroxyl groups is 2. The van der Waals surface area contributed by atoms with E-state index in [0.717, 1.165) is 49.7 Å². The zero-order chi connectivity index (χ0) is 26.6. The van der Waals surface area contributed by atoms with Gasteiger partial charge in [0.25, 0.3) is 5.60 Å². The summed E-state index contributed by atoms with van der Waals surface area (Å²) >= 11 is 0. The van der Waals surface area contributed by atoms with E-state index >= 15 is 0 Å². The molecule has 7 heteroatoms. The summed E-state index contributed by atoms with van der Waals surface area (Å²) in [6, 6.07) is 5.79. The second-order valence-electron chi connectivity index (χ2n) is 14.3. The average molecular weight is 523 g/mol. The summed E-state index contributed by atoms with van der Waals surface area (Å²) in [6.45, 7) is 0. The number of ketones is 1. The maximum absolute atomic E-state index is 13.8. The highest BCUT2D eigenvalue weighted by molar-refractivity contribution is 6.17. The lowest BCUT2D eigenvalue weighted by molar-refractivity contribution is -0.175. The van der Waals surface area contributed by atoms with E-state index in [4.69, 9.17) is 0 Å². The fraction of sp³-hybridized carbons (Fsp3) is 0.710. The molecule has 0 aliphatic heterocycles. The van der Waals surface area contributed by atoms with Crippen molar-refractivity contribution < 1.29 is 34.8 Å². The summed E-state index contributed by atoms with van der Waals surface area (Å²) in [4.78, 5) is 37.4. The molecular formula is C31H38O7. The molecule has 8 aliphatic rings. The van der Waals surface area contributed by atoms with Crippen LogP contribution in [0.15, 0.2) is 18.2 Å². The van der Waals surface area contributed by atoms with Gasteiger partial charge in [-0.05, 0) is 147 Å². The highest BCUT2D eigenvalue weighted by Gasteiger charge is 2.57. The number of carboxylic acids is 2. The summed E-state index contributed by atoms with van der Waals surface area (Å²) in [5.74, 6) is -1.18. The van der Waals surface area contributed by atoms with Crippen LogP contribution < -0.4 is 0 Å². The van der Waals surface area contributed by atoms with Crippen LogP contribution in [0.1, 0.15) is 98.5 Å². The molecule has 8 aliphatic carbocycles. The quantitative estimate of drug-likeness (QED) is 0.314. The van der Waals surface area contributed by atoms with Gasteiger partial charge in [-0.2, -0.15) is 0 Å². The topological polar surface area (TPSA) is 132 Å². The Morgan fingerprint density at radius 3 is 1.32 bits per heavy atom. The van der Waals surface area contributed by atoms with Crippen molar-refractivity contribution in [2.24, 2.45) is 35.5 Å². The molecule has 204 valence electrons. The minimum Gasteiger partial charge on any atom is -0.479 e. The van der Waals surface area contributed by atoms with Crippen molar-refractivity contribution in [2.45, 2.75) is 99.6 Å². The predicted molar refractivity (Wildman–Crippen MR) is 137 cm³/mol. The third-order valence-corrected chi connectivity index (χ3v) is 11.8. The van der Waals surface area contributed by atoms with Gasteiger partial charge in [0.1, 0.15) is 0 Å². The summed E-state index contributed by atoms with van der Waals surface area (Å²) in [6.07, 6.45) is 11.2. The largest absolute Gasteiger partial charge is 0.479 e. The summed E-state index contributed by atoms with van der Waals surface area (Å²) in [5, 5.41) is 40.3. The van der Waals surface area contributed by atoms with Gasteiger partial charge in [-0.15, -0.1) is 0 Å². The zero-order valence-electron chi connectivity index (χ0n) is 21.8. The maximum atomic E-state index is 13.8. The van der Waals surface area contributed by atoms with Crippen molar-refractivity contribution in [3.63, 3.8) is 0 Å². The van der Waals surface area contributed by atoms with E-state index in [-0.39, 0.29) is 16.4 Å². The lowest BCUT2D eigenvalue weighted by Crippen LogP contribution is -2.59. The van der Waals surface area contributed by atoms with E-state index in [0.29, 0.717) is 35.5 Å². The van der Waals surface area contributed by atoms with Gasteiger partial charge in [0.15, 0.2) is 6.10 Å². The van der Waals surface area contributed by atoms with Gasteiger partial charge in [-0.1, -0.05) is 6.07 Å². The number of carbonyl (C=O) groups excluding carboxylic acids is 1. The van der Waals surface area contributed by atoms with Gasteiger partial charge in [0.2, 0.25) is 5.78 Å². The van der Waals surface area contributed by atoms with Crippen LogP contribution in [0, 0.1) is 35.5 Å². The Bertz CT molecular complexity index is 1080. The van der Waals surface area contributed by atoms with Crippen LogP contribution in [0.2, 0.25) is 0 Å². The summed E-state index contributed by atoms with van der Waals surface area (Å²) in [7, 11) is 0. The first-order valence-corrected chi connectivity index (χ1v) is 14.6. The van der Waals surface area contributed by atoms with Gasteiger partial charge in [0.05, 0.1) is 0 Å². The Balaban J connectivity index is 1.37. The van der Waals surface area contributed by atoms with Crippen molar-refractivity contribution in [1.29, 1.82) is 0 Å². The molecule has 0 aromatic heterocycles. The van der Waals surface area contributed by atoms with Crippen LogP contribution in [0.4, 0.5) is 0 Å². The number of hydrogen-bond acceptors (Lipinski definition) is 5. The van der Waals surface area contributed by atoms with Crippen LogP contribution in [0.5, 0.6) is 0 Å². The molecule has 2 atom stereocenters. The monoisotopic (exact) mass is 522 g/mol. The third-order valence-electron chi connectivity index (χ3n) is 11.8. The van der Waals surface area contributed by atoms with E-state index in [2.05, 4.69) is 6.07 Å². The van der Waals surface area contributed by atoms with Gasteiger partial charge < -0.3 is 20.4 Å². The molecule has 7 nitrogen and oxygen atoms in total. The molecular weight excluding hydrogens is 484 g/mol. The van der Waals surface area contributed by atoms with Gasteiger partial charge in [-0.25, -0.2) is 9.59 Å². The van der Waals surface area contributed by atoms with Crippen molar-refractivity contribution >= 4 is 17.7 Å². The number of hydrogen-bond donors (Lipinski definition) is 4. The molecule has 38 heavy (non-hydrogen) atoms. The lowest BCUT2D eigenvalue weighted by atomic mass is 9.46.